The average molecular weight is 637 g/mol. The first-order valence-corrected chi connectivity index (χ1v) is 16.5. The molecule has 0 saturated carbocycles. The minimum absolute atomic E-state index is 0.000372. The van der Waals surface area contributed by atoms with Crippen molar-refractivity contribution in [3.05, 3.63) is 106 Å². The molecule has 0 aliphatic heterocycles. The van der Waals surface area contributed by atoms with Crippen LogP contribution in [-0.4, -0.2) is 71.6 Å². The summed E-state index contributed by atoms with van der Waals surface area (Å²) in [6, 6.07) is 15.7. The molecule has 0 saturated heterocycles. The molecule has 250 valence electrons. The van der Waals surface area contributed by atoms with Crippen molar-refractivity contribution in [1.29, 1.82) is 0 Å². The maximum Gasteiger partial charge on any atom is 0.253 e. The minimum Gasteiger partial charge on any atom is -0.390 e. The number of halogens is 2. The van der Waals surface area contributed by atoms with Crippen LogP contribution in [0.2, 0.25) is 0 Å². The van der Waals surface area contributed by atoms with Crippen LogP contribution in [0.3, 0.4) is 0 Å². The van der Waals surface area contributed by atoms with Gasteiger partial charge in [0.15, 0.2) is 0 Å². The summed E-state index contributed by atoms with van der Waals surface area (Å²) >= 11 is 0. The molecular weight excluding hydrogens is 586 g/mol. The topological polar surface area (TPSA) is 84.9 Å². The monoisotopic (exact) mass is 636 g/mol. The third-order valence-corrected chi connectivity index (χ3v) is 8.21. The van der Waals surface area contributed by atoms with Gasteiger partial charge >= 0.3 is 0 Å². The Kier molecular flexibility index (Phi) is 14.8. The molecule has 0 aliphatic carbocycles. The maximum atomic E-state index is 14.1. The summed E-state index contributed by atoms with van der Waals surface area (Å²) in [5, 5.41) is 17.5. The number of hydrogen-bond acceptors (Lipinski definition) is 5. The molecule has 7 nitrogen and oxygen atoms in total. The molecule has 0 radical (unpaired) electrons. The number of amides is 2. The average Bonchev–Trinajstić information content (AvgIpc) is 3.04. The van der Waals surface area contributed by atoms with Crippen molar-refractivity contribution in [2.75, 3.05) is 32.7 Å². The van der Waals surface area contributed by atoms with Gasteiger partial charge in [-0.1, -0.05) is 52.0 Å². The van der Waals surface area contributed by atoms with Crippen LogP contribution in [0, 0.1) is 11.6 Å². The number of aryl methyl sites for hydroxylation is 1. The lowest BCUT2D eigenvalue weighted by molar-refractivity contribution is 0.0764. The van der Waals surface area contributed by atoms with Crippen molar-refractivity contribution >= 4 is 11.8 Å². The van der Waals surface area contributed by atoms with E-state index in [9.17, 15) is 23.5 Å². The first kappa shape index (κ1) is 36.8. The lowest BCUT2D eigenvalue weighted by atomic mass is 9.99. The fourth-order valence-corrected chi connectivity index (χ4v) is 5.58. The molecule has 0 spiro atoms. The molecule has 0 heterocycles. The van der Waals surface area contributed by atoms with Crippen LogP contribution in [0.4, 0.5) is 8.78 Å². The molecule has 0 aliphatic rings. The number of carbonyl (C=O) groups is 2. The molecule has 46 heavy (non-hydrogen) atoms. The smallest absolute Gasteiger partial charge is 0.253 e. The van der Waals surface area contributed by atoms with Crippen LogP contribution in [0.25, 0.3) is 0 Å². The number of benzene rings is 3. The van der Waals surface area contributed by atoms with Gasteiger partial charge in [0.1, 0.15) is 11.6 Å². The van der Waals surface area contributed by atoms with Gasteiger partial charge in [-0.05, 0) is 91.9 Å². The lowest BCUT2D eigenvalue weighted by Gasteiger charge is -2.26. The number of rotatable bonds is 18. The van der Waals surface area contributed by atoms with Gasteiger partial charge in [0, 0.05) is 49.9 Å². The second-order valence-corrected chi connectivity index (χ2v) is 11.7. The molecule has 2 atom stereocenters. The van der Waals surface area contributed by atoms with Crippen molar-refractivity contribution in [3.63, 3.8) is 0 Å². The summed E-state index contributed by atoms with van der Waals surface area (Å²) in [5.41, 5.74) is 4.11. The molecule has 2 unspecified atom stereocenters. The third kappa shape index (κ3) is 11.0. The zero-order valence-corrected chi connectivity index (χ0v) is 27.9. The van der Waals surface area contributed by atoms with Crippen molar-refractivity contribution in [3.8, 4) is 0 Å². The molecule has 3 rings (SSSR count). The van der Waals surface area contributed by atoms with Gasteiger partial charge in [0.05, 0.1) is 12.1 Å². The Labute approximate surface area is 273 Å². The number of aliphatic hydroxyl groups excluding tert-OH is 1. The van der Waals surface area contributed by atoms with Gasteiger partial charge in [-0.25, -0.2) is 8.78 Å². The van der Waals surface area contributed by atoms with Gasteiger partial charge in [-0.15, -0.1) is 0 Å². The fourth-order valence-electron chi connectivity index (χ4n) is 5.58. The van der Waals surface area contributed by atoms with Crippen LogP contribution >= 0.6 is 0 Å². The lowest BCUT2D eigenvalue weighted by Crippen LogP contribution is -2.48. The predicted octanol–water partition coefficient (Wildman–Crippen LogP) is 5.73. The molecule has 0 fully saturated rings. The Morgan fingerprint density at radius 2 is 1.48 bits per heavy atom. The van der Waals surface area contributed by atoms with Crippen LogP contribution in [0.5, 0.6) is 0 Å². The number of nitrogens with zero attached hydrogens (tertiary/aromatic N) is 2. The van der Waals surface area contributed by atoms with E-state index < -0.39 is 29.7 Å². The largest absolute Gasteiger partial charge is 0.390 e. The molecule has 0 aromatic heterocycles. The molecular formula is C37H50F2N4O3. The highest BCUT2D eigenvalue weighted by molar-refractivity contribution is 6.00. The van der Waals surface area contributed by atoms with Crippen LogP contribution < -0.4 is 10.6 Å². The van der Waals surface area contributed by atoms with Crippen molar-refractivity contribution in [2.24, 2.45) is 0 Å². The highest BCUT2D eigenvalue weighted by atomic mass is 19.1. The van der Waals surface area contributed by atoms with E-state index in [-0.39, 0.29) is 24.4 Å². The van der Waals surface area contributed by atoms with Crippen LogP contribution in [0.15, 0.2) is 60.7 Å². The van der Waals surface area contributed by atoms with Gasteiger partial charge in [-0.3, -0.25) is 14.5 Å². The number of nitrogens with one attached hydrogen (secondary N) is 2. The fraction of sp³-hybridized carbons (Fsp3) is 0.459. The Morgan fingerprint density at radius 3 is 2.11 bits per heavy atom. The summed E-state index contributed by atoms with van der Waals surface area (Å²) in [4.78, 5) is 31.3. The zero-order chi connectivity index (χ0) is 33.6. The van der Waals surface area contributed by atoms with E-state index in [0.717, 1.165) is 43.1 Å². The molecule has 9 heteroatoms. The molecule has 3 aromatic rings. The van der Waals surface area contributed by atoms with Crippen molar-refractivity contribution in [1.82, 2.24) is 20.4 Å². The Morgan fingerprint density at radius 1 is 0.804 bits per heavy atom. The maximum absolute atomic E-state index is 14.1. The van der Waals surface area contributed by atoms with Crippen molar-refractivity contribution in [2.45, 2.75) is 79.1 Å². The quantitative estimate of drug-likeness (QED) is 0.166. The van der Waals surface area contributed by atoms with Gasteiger partial charge < -0.3 is 20.6 Å². The summed E-state index contributed by atoms with van der Waals surface area (Å²) in [6.45, 7) is 14.1. The first-order chi connectivity index (χ1) is 22.1. The molecule has 3 N–H and O–H groups in total. The summed E-state index contributed by atoms with van der Waals surface area (Å²) < 4.78 is 28.2. The predicted molar refractivity (Wildman–Crippen MR) is 180 cm³/mol. The van der Waals surface area contributed by atoms with Crippen LogP contribution in [-0.2, 0) is 25.9 Å². The summed E-state index contributed by atoms with van der Waals surface area (Å²) in [6.07, 6.45) is 0.641. The second-order valence-electron chi connectivity index (χ2n) is 11.7. The van der Waals surface area contributed by atoms with E-state index in [1.807, 2.05) is 32.0 Å². The van der Waals surface area contributed by atoms with E-state index in [4.69, 9.17) is 0 Å². The van der Waals surface area contributed by atoms with Gasteiger partial charge in [0.2, 0.25) is 0 Å². The second kappa shape index (κ2) is 18.5. The van der Waals surface area contributed by atoms with E-state index in [1.165, 1.54) is 17.7 Å². The normalized spacial score (nSPS) is 12.6. The van der Waals surface area contributed by atoms with Gasteiger partial charge in [-0.2, -0.15) is 0 Å². The minimum atomic E-state index is -1.08. The molecule has 2 amide bonds. The Balaban J connectivity index is 1.90. The van der Waals surface area contributed by atoms with E-state index >= 15 is 0 Å². The highest BCUT2D eigenvalue weighted by Gasteiger charge is 2.25. The summed E-state index contributed by atoms with van der Waals surface area (Å²) in [5.74, 6) is -2.10. The number of hydrogen-bond donors (Lipinski definition) is 3. The van der Waals surface area contributed by atoms with E-state index in [2.05, 4.69) is 48.4 Å². The van der Waals surface area contributed by atoms with E-state index in [1.54, 1.807) is 17.0 Å². The molecule has 0 bridgehead atoms. The zero-order valence-electron chi connectivity index (χ0n) is 27.9. The highest BCUT2D eigenvalue weighted by Crippen LogP contribution is 2.18. The standard InChI is InChI=1S/C37H50F2N4O3/c1-6-14-43(10-5)37(46)31-17-29(25-42(8-3)9-4)16-30(21-31)36(45)41-34(20-28-18-32(38)22-33(39)19-28)35(44)24-40-23-27-13-11-12-26(7-2)15-27/h11-13,15-19,21-22,34-35,40,44H,6-10,14,20,23-25H2,1-5H3,(H,41,45). The van der Waals surface area contributed by atoms with Crippen LogP contribution in [0.1, 0.15) is 84.0 Å². The van der Waals surface area contributed by atoms with Gasteiger partial charge in [0.25, 0.3) is 11.8 Å². The Bertz CT molecular complexity index is 1410. The number of aliphatic hydroxyl groups is 1. The van der Waals surface area contributed by atoms with E-state index in [0.29, 0.717) is 37.3 Å². The number of carbonyl (C=O) groups excluding carboxylic acids is 2. The third-order valence-electron chi connectivity index (χ3n) is 8.21. The Hall–Kier alpha value is -3.66. The summed E-state index contributed by atoms with van der Waals surface area (Å²) in [7, 11) is 0. The first-order valence-electron chi connectivity index (χ1n) is 16.5. The molecule has 3 aromatic carbocycles. The van der Waals surface area contributed by atoms with Crippen molar-refractivity contribution < 1.29 is 23.5 Å². The SMILES string of the molecule is CCCN(CC)C(=O)c1cc(CN(CC)CC)cc(C(=O)NC(Cc2cc(F)cc(F)c2)C(O)CNCc2cccc(CC)c2)c1.